The van der Waals surface area contributed by atoms with Crippen molar-refractivity contribution in [3.63, 3.8) is 0 Å². The summed E-state index contributed by atoms with van der Waals surface area (Å²) in [5.41, 5.74) is 0.312. The van der Waals surface area contributed by atoms with Gasteiger partial charge in [0.15, 0.2) is 0 Å². The summed E-state index contributed by atoms with van der Waals surface area (Å²) in [6.45, 7) is 2.62. The Kier molecular flexibility index (Phi) is 2.98. The van der Waals surface area contributed by atoms with Crippen LogP contribution in [-0.4, -0.2) is 49.2 Å². The van der Waals surface area contributed by atoms with Crippen molar-refractivity contribution in [1.82, 2.24) is 10.2 Å². The van der Waals surface area contributed by atoms with Crippen LogP contribution in [0.4, 0.5) is 0 Å². The van der Waals surface area contributed by atoms with Crippen LogP contribution in [0.15, 0.2) is 0 Å². The van der Waals surface area contributed by atoms with Gasteiger partial charge >= 0.3 is 0 Å². The number of hydrogen-bond acceptors (Lipinski definition) is 3. The van der Waals surface area contributed by atoms with E-state index in [0.717, 1.165) is 32.4 Å². The summed E-state index contributed by atoms with van der Waals surface area (Å²) in [4.78, 5) is 13.6. The lowest BCUT2D eigenvalue weighted by molar-refractivity contribution is -0.132. The van der Waals surface area contributed by atoms with E-state index in [0.29, 0.717) is 12.0 Å². The minimum absolute atomic E-state index is 0.0590. The fraction of sp³-hybridized carbons (Fsp3) is 0.909. The molecule has 4 heteroatoms. The van der Waals surface area contributed by atoms with E-state index in [9.17, 15) is 4.79 Å². The number of amides is 1. The number of nitrogens with zero attached hydrogens (tertiary/aromatic N) is 1. The van der Waals surface area contributed by atoms with Gasteiger partial charge in [0, 0.05) is 19.5 Å². The Labute approximate surface area is 90.6 Å². The maximum Gasteiger partial charge on any atom is 0.226 e. The molecule has 2 aliphatic rings. The van der Waals surface area contributed by atoms with Gasteiger partial charge in [-0.3, -0.25) is 4.79 Å². The number of nitrogens with one attached hydrogen (secondary N) is 1. The lowest BCUT2D eigenvalue weighted by atomic mass is 9.91. The molecular weight excluding hydrogens is 192 g/mol. The number of carbonyl (C=O) groups excluding carboxylic acids is 1. The zero-order chi connectivity index (χ0) is 10.9. The zero-order valence-electron chi connectivity index (χ0n) is 9.33. The summed E-state index contributed by atoms with van der Waals surface area (Å²) in [5, 5.41) is 12.1. The molecule has 1 saturated heterocycles. The molecule has 1 amide bonds. The molecule has 15 heavy (non-hydrogen) atoms. The first-order valence-corrected chi connectivity index (χ1v) is 5.76. The van der Waals surface area contributed by atoms with Gasteiger partial charge in [0.05, 0.1) is 6.61 Å². The number of piperidine rings is 1. The monoisotopic (exact) mass is 212 g/mol. The fourth-order valence-corrected chi connectivity index (χ4v) is 2.70. The first-order valence-electron chi connectivity index (χ1n) is 5.76. The average Bonchev–Trinajstić information content (AvgIpc) is 2.92. The largest absolute Gasteiger partial charge is 0.395 e. The molecule has 0 aromatic heterocycles. The summed E-state index contributed by atoms with van der Waals surface area (Å²) in [7, 11) is 1.78. The Balaban J connectivity index is 1.88. The molecule has 1 saturated carbocycles. The molecular formula is C11H20N2O2. The van der Waals surface area contributed by atoms with Crippen LogP contribution in [0, 0.1) is 11.3 Å². The molecule has 1 spiro atoms. The molecule has 2 fully saturated rings. The third-order valence-electron chi connectivity index (χ3n) is 3.90. The third-order valence-corrected chi connectivity index (χ3v) is 3.90. The van der Waals surface area contributed by atoms with Crippen LogP contribution in [0.3, 0.4) is 0 Å². The molecule has 4 nitrogen and oxygen atoms in total. The standard InChI is InChI=1S/C11H20N2O2/c1-13(6-7-14)10(15)9-8-11(9)2-4-12-5-3-11/h9,12,14H,2-8H2,1H3. The van der Waals surface area contributed by atoms with Crippen molar-refractivity contribution in [1.29, 1.82) is 0 Å². The van der Waals surface area contributed by atoms with Crippen LogP contribution in [0.1, 0.15) is 19.3 Å². The van der Waals surface area contributed by atoms with E-state index in [-0.39, 0.29) is 18.4 Å². The van der Waals surface area contributed by atoms with Gasteiger partial charge in [-0.2, -0.15) is 0 Å². The number of carbonyl (C=O) groups is 1. The maximum atomic E-state index is 12.0. The second-order valence-corrected chi connectivity index (χ2v) is 4.85. The molecule has 86 valence electrons. The van der Waals surface area contributed by atoms with Crippen molar-refractivity contribution in [3.05, 3.63) is 0 Å². The predicted octanol–water partition coefficient (Wildman–Crippen LogP) is -0.173. The number of aliphatic hydroxyl groups is 1. The molecule has 2 N–H and O–H groups in total. The molecule has 1 aliphatic heterocycles. The number of aliphatic hydroxyl groups excluding tert-OH is 1. The van der Waals surface area contributed by atoms with E-state index >= 15 is 0 Å². The van der Waals surface area contributed by atoms with Crippen molar-refractivity contribution in [2.45, 2.75) is 19.3 Å². The van der Waals surface area contributed by atoms with Crippen LogP contribution < -0.4 is 5.32 Å². The summed E-state index contributed by atoms with van der Waals surface area (Å²) in [6.07, 6.45) is 3.33. The highest BCUT2D eigenvalue weighted by Crippen LogP contribution is 2.59. The number of likely N-dealkylation sites (N-methyl/N-ethyl adjacent to an activating group) is 1. The maximum absolute atomic E-state index is 12.0. The zero-order valence-corrected chi connectivity index (χ0v) is 9.33. The first-order chi connectivity index (χ1) is 7.19. The molecule has 0 aromatic rings. The first kappa shape index (κ1) is 10.9. The van der Waals surface area contributed by atoms with Gasteiger partial charge in [-0.15, -0.1) is 0 Å². The summed E-state index contributed by atoms with van der Waals surface area (Å²) in [5.74, 6) is 0.460. The molecule has 0 bridgehead atoms. The molecule has 1 unspecified atom stereocenters. The van der Waals surface area contributed by atoms with Crippen LogP contribution in [-0.2, 0) is 4.79 Å². The lowest BCUT2D eigenvalue weighted by Gasteiger charge is -2.24. The van der Waals surface area contributed by atoms with Gasteiger partial charge in [0.2, 0.25) is 5.91 Å². The quantitative estimate of drug-likeness (QED) is 0.683. The topological polar surface area (TPSA) is 52.6 Å². The lowest BCUT2D eigenvalue weighted by Crippen LogP contribution is -2.35. The minimum Gasteiger partial charge on any atom is -0.395 e. The Hall–Kier alpha value is -0.610. The highest BCUT2D eigenvalue weighted by atomic mass is 16.3. The van der Waals surface area contributed by atoms with E-state index < -0.39 is 0 Å². The SMILES string of the molecule is CN(CCO)C(=O)C1CC12CCNCC2. The van der Waals surface area contributed by atoms with Crippen molar-refractivity contribution in [3.8, 4) is 0 Å². The number of hydrogen-bond donors (Lipinski definition) is 2. The minimum atomic E-state index is 0.0590. The Morgan fingerprint density at radius 1 is 1.53 bits per heavy atom. The second-order valence-electron chi connectivity index (χ2n) is 4.85. The summed E-state index contributed by atoms with van der Waals surface area (Å²) < 4.78 is 0. The molecule has 1 heterocycles. The van der Waals surface area contributed by atoms with Crippen molar-refractivity contribution >= 4 is 5.91 Å². The van der Waals surface area contributed by atoms with Crippen molar-refractivity contribution in [2.75, 3.05) is 33.3 Å². The van der Waals surface area contributed by atoms with Gasteiger partial charge in [0.25, 0.3) is 0 Å². The highest BCUT2D eigenvalue weighted by molar-refractivity contribution is 5.82. The Morgan fingerprint density at radius 3 is 2.80 bits per heavy atom. The van der Waals surface area contributed by atoms with Gasteiger partial charge in [0.1, 0.15) is 0 Å². The normalized spacial score (nSPS) is 27.7. The smallest absolute Gasteiger partial charge is 0.226 e. The van der Waals surface area contributed by atoms with E-state index in [1.807, 2.05) is 0 Å². The van der Waals surface area contributed by atoms with Gasteiger partial charge in [-0.05, 0) is 37.8 Å². The molecule has 2 rings (SSSR count). The molecule has 0 radical (unpaired) electrons. The van der Waals surface area contributed by atoms with E-state index in [2.05, 4.69) is 5.32 Å². The van der Waals surface area contributed by atoms with Crippen LogP contribution >= 0.6 is 0 Å². The summed E-state index contributed by atoms with van der Waals surface area (Å²) >= 11 is 0. The summed E-state index contributed by atoms with van der Waals surface area (Å²) in [6, 6.07) is 0. The van der Waals surface area contributed by atoms with E-state index in [4.69, 9.17) is 5.11 Å². The Morgan fingerprint density at radius 2 is 2.20 bits per heavy atom. The molecule has 1 atom stereocenters. The van der Waals surface area contributed by atoms with Crippen LogP contribution in [0.5, 0.6) is 0 Å². The third kappa shape index (κ3) is 2.01. The van der Waals surface area contributed by atoms with Gasteiger partial charge in [-0.1, -0.05) is 0 Å². The van der Waals surface area contributed by atoms with Gasteiger partial charge < -0.3 is 15.3 Å². The van der Waals surface area contributed by atoms with E-state index in [1.54, 1.807) is 11.9 Å². The Bertz CT molecular complexity index is 249. The number of rotatable bonds is 3. The second kappa shape index (κ2) is 4.10. The average molecular weight is 212 g/mol. The molecule has 0 aromatic carbocycles. The van der Waals surface area contributed by atoms with E-state index in [1.165, 1.54) is 0 Å². The van der Waals surface area contributed by atoms with Crippen molar-refractivity contribution in [2.24, 2.45) is 11.3 Å². The van der Waals surface area contributed by atoms with Gasteiger partial charge in [-0.25, -0.2) is 0 Å². The van der Waals surface area contributed by atoms with Crippen molar-refractivity contribution < 1.29 is 9.90 Å². The van der Waals surface area contributed by atoms with Crippen LogP contribution in [0.25, 0.3) is 0 Å². The highest BCUT2D eigenvalue weighted by Gasteiger charge is 2.58. The molecule has 1 aliphatic carbocycles. The fourth-order valence-electron chi connectivity index (χ4n) is 2.70. The predicted molar refractivity (Wildman–Crippen MR) is 57.4 cm³/mol. The van der Waals surface area contributed by atoms with Crippen LogP contribution in [0.2, 0.25) is 0 Å².